The monoisotopic (exact) mass is 390 g/mol. The zero-order valence-corrected chi connectivity index (χ0v) is 16.5. The zero-order chi connectivity index (χ0) is 19.4. The fourth-order valence-electron chi connectivity index (χ4n) is 3.59. The van der Waals surface area contributed by atoms with Crippen molar-refractivity contribution in [2.45, 2.75) is 31.6 Å². The maximum atomic E-state index is 12.9. The molecule has 0 bridgehead atoms. The molecule has 27 heavy (non-hydrogen) atoms. The van der Waals surface area contributed by atoms with Crippen LogP contribution in [0.1, 0.15) is 36.4 Å². The highest BCUT2D eigenvalue weighted by Gasteiger charge is 2.31. The van der Waals surface area contributed by atoms with Gasteiger partial charge in [0.1, 0.15) is 5.76 Å². The van der Waals surface area contributed by atoms with Crippen LogP contribution < -0.4 is 5.32 Å². The largest absolute Gasteiger partial charge is 0.469 e. The number of furan rings is 1. The van der Waals surface area contributed by atoms with E-state index in [-0.39, 0.29) is 10.8 Å². The van der Waals surface area contributed by atoms with E-state index >= 15 is 0 Å². The highest BCUT2D eigenvalue weighted by Crippen LogP contribution is 2.26. The molecule has 146 valence electrons. The quantitative estimate of drug-likeness (QED) is 0.822. The minimum atomic E-state index is -3.53. The Labute approximate surface area is 160 Å². The molecule has 7 heteroatoms. The number of amides is 1. The van der Waals surface area contributed by atoms with Gasteiger partial charge in [-0.3, -0.25) is 4.79 Å². The number of hydrogen-bond donors (Lipinski definition) is 1. The third kappa shape index (κ3) is 4.78. The number of benzene rings is 1. The van der Waals surface area contributed by atoms with Gasteiger partial charge in [0, 0.05) is 31.6 Å². The van der Waals surface area contributed by atoms with E-state index in [0.717, 1.165) is 12.2 Å². The molecule has 2 heterocycles. The summed E-state index contributed by atoms with van der Waals surface area (Å²) in [6.07, 6.45) is 3.25. The van der Waals surface area contributed by atoms with E-state index in [1.165, 1.54) is 12.1 Å². The van der Waals surface area contributed by atoms with Crippen molar-refractivity contribution in [3.8, 4) is 0 Å². The van der Waals surface area contributed by atoms with Crippen molar-refractivity contribution in [2.75, 3.05) is 19.6 Å². The summed E-state index contributed by atoms with van der Waals surface area (Å²) >= 11 is 0. The van der Waals surface area contributed by atoms with Crippen LogP contribution in [0, 0.1) is 11.8 Å². The highest BCUT2D eigenvalue weighted by molar-refractivity contribution is 7.89. The topological polar surface area (TPSA) is 79.6 Å². The number of carbonyl (C=O) groups is 1. The van der Waals surface area contributed by atoms with Gasteiger partial charge in [-0.1, -0.05) is 13.8 Å². The molecule has 0 spiro atoms. The number of carbonyl (C=O) groups excluding carboxylic acids is 1. The van der Waals surface area contributed by atoms with Gasteiger partial charge >= 0.3 is 0 Å². The number of hydrogen-bond acceptors (Lipinski definition) is 4. The SMILES string of the molecule is C[C@H]1C[C@H](C)CN(S(=O)(=O)c2ccc(C(=O)NCCc3ccco3)cc2)C1. The third-order valence-electron chi connectivity index (χ3n) is 4.83. The Kier molecular flexibility index (Phi) is 6.01. The summed E-state index contributed by atoms with van der Waals surface area (Å²) in [5.41, 5.74) is 0.439. The highest BCUT2D eigenvalue weighted by atomic mass is 32.2. The second-order valence-electron chi connectivity index (χ2n) is 7.38. The summed E-state index contributed by atoms with van der Waals surface area (Å²) < 4.78 is 32.5. The van der Waals surface area contributed by atoms with Gasteiger partial charge in [-0.05, 0) is 54.7 Å². The van der Waals surface area contributed by atoms with Crippen LogP contribution in [0.15, 0.2) is 52.0 Å². The second kappa shape index (κ2) is 8.27. The summed E-state index contributed by atoms with van der Waals surface area (Å²) in [7, 11) is -3.53. The molecule has 0 unspecified atom stereocenters. The van der Waals surface area contributed by atoms with Crippen molar-refractivity contribution in [3.63, 3.8) is 0 Å². The van der Waals surface area contributed by atoms with Crippen LogP contribution in [0.5, 0.6) is 0 Å². The van der Waals surface area contributed by atoms with Crippen LogP contribution in [0.4, 0.5) is 0 Å². The van der Waals surface area contributed by atoms with Gasteiger partial charge in [0.25, 0.3) is 5.91 Å². The van der Waals surface area contributed by atoms with E-state index in [9.17, 15) is 13.2 Å². The van der Waals surface area contributed by atoms with Gasteiger partial charge < -0.3 is 9.73 Å². The lowest BCUT2D eigenvalue weighted by molar-refractivity contribution is 0.0953. The number of rotatable bonds is 6. The average Bonchev–Trinajstić information content (AvgIpc) is 3.14. The fourth-order valence-corrected chi connectivity index (χ4v) is 5.27. The third-order valence-corrected chi connectivity index (χ3v) is 6.67. The first-order valence-electron chi connectivity index (χ1n) is 9.27. The Balaban J connectivity index is 1.62. The van der Waals surface area contributed by atoms with Crippen LogP contribution in [-0.2, 0) is 16.4 Å². The molecule has 1 fully saturated rings. The molecule has 1 N–H and O–H groups in total. The van der Waals surface area contributed by atoms with E-state index in [4.69, 9.17) is 4.42 Å². The van der Waals surface area contributed by atoms with Crippen molar-refractivity contribution in [1.29, 1.82) is 0 Å². The standard InChI is InChI=1S/C20H26N2O4S/c1-15-12-16(2)14-22(13-15)27(24,25)19-7-5-17(6-8-19)20(23)21-10-9-18-4-3-11-26-18/h3-8,11,15-16H,9-10,12-14H2,1-2H3,(H,21,23)/t15-,16-/m0/s1. The van der Waals surface area contributed by atoms with E-state index in [1.807, 2.05) is 6.07 Å². The molecule has 2 atom stereocenters. The maximum Gasteiger partial charge on any atom is 0.251 e. The summed E-state index contributed by atoms with van der Waals surface area (Å²) in [6.45, 7) is 5.70. The molecule has 1 aliphatic rings. The normalized spacial score (nSPS) is 21.1. The second-order valence-corrected chi connectivity index (χ2v) is 9.32. The predicted octanol–water partition coefficient (Wildman–Crippen LogP) is 2.92. The van der Waals surface area contributed by atoms with Gasteiger partial charge in [0.05, 0.1) is 11.2 Å². The smallest absolute Gasteiger partial charge is 0.251 e. The lowest BCUT2D eigenvalue weighted by Gasteiger charge is -2.34. The molecule has 0 radical (unpaired) electrons. The zero-order valence-electron chi connectivity index (χ0n) is 15.7. The Bertz CT molecular complexity index is 850. The molecule has 1 saturated heterocycles. The maximum absolute atomic E-state index is 12.9. The van der Waals surface area contributed by atoms with Gasteiger partial charge in [-0.2, -0.15) is 4.31 Å². The summed E-state index contributed by atoms with van der Waals surface area (Å²) in [5.74, 6) is 1.28. The van der Waals surface area contributed by atoms with E-state index in [0.29, 0.717) is 43.5 Å². The minimum absolute atomic E-state index is 0.231. The first kappa shape index (κ1) is 19.6. The van der Waals surface area contributed by atoms with Crippen LogP contribution >= 0.6 is 0 Å². The molecule has 0 aliphatic carbocycles. The Morgan fingerprint density at radius 3 is 2.41 bits per heavy atom. The van der Waals surface area contributed by atoms with Crippen LogP contribution in [0.2, 0.25) is 0 Å². The van der Waals surface area contributed by atoms with Crippen molar-refractivity contribution < 1.29 is 17.6 Å². The Morgan fingerprint density at radius 2 is 1.81 bits per heavy atom. The molecule has 1 amide bonds. The molecule has 0 saturated carbocycles. The molecular weight excluding hydrogens is 364 g/mol. The number of sulfonamides is 1. The predicted molar refractivity (Wildman–Crippen MR) is 103 cm³/mol. The average molecular weight is 391 g/mol. The summed E-state index contributed by atoms with van der Waals surface area (Å²) in [6, 6.07) is 9.81. The molecule has 1 aromatic carbocycles. The molecule has 3 rings (SSSR count). The van der Waals surface area contributed by atoms with Gasteiger partial charge in [-0.25, -0.2) is 8.42 Å². The van der Waals surface area contributed by atoms with Gasteiger partial charge in [0.2, 0.25) is 10.0 Å². The molecular formula is C20H26N2O4S. The van der Waals surface area contributed by atoms with E-state index in [1.54, 1.807) is 28.8 Å². The molecule has 2 aromatic rings. The Morgan fingerprint density at radius 1 is 1.15 bits per heavy atom. The van der Waals surface area contributed by atoms with Gasteiger partial charge in [0.15, 0.2) is 0 Å². The fraction of sp³-hybridized carbons (Fsp3) is 0.450. The van der Waals surface area contributed by atoms with Crippen molar-refractivity contribution >= 4 is 15.9 Å². The summed E-state index contributed by atoms with van der Waals surface area (Å²) in [5, 5.41) is 2.81. The van der Waals surface area contributed by atoms with Crippen molar-refractivity contribution in [1.82, 2.24) is 9.62 Å². The van der Waals surface area contributed by atoms with Gasteiger partial charge in [-0.15, -0.1) is 0 Å². The van der Waals surface area contributed by atoms with Crippen molar-refractivity contribution in [2.24, 2.45) is 11.8 Å². The first-order chi connectivity index (χ1) is 12.9. The van der Waals surface area contributed by atoms with E-state index in [2.05, 4.69) is 19.2 Å². The molecule has 1 aromatic heterocycles. The first-order valence-corrected chi connectivity index (χ1v) is 10.7. The molecule has 6 nitrogen and oxygen atoms in total. The minimum Gasteiger partial charge on any atom is -0.469 e. The van der Waals surface area contributed by atoms with Crippen LogP contribution in [0.25, 0.3) is 0 Å². The molecule has 1 aliphatic heterocycles. The summed E-state index contributed by atoms with van der Waals surface area (Å²) in [4.78, 5) is 12.5. The lowest BCUT2D eigenvalue weighted by Crippen LogP contribution is -2.42. The number of piperidine rings is 1. The Hall–Kier alpha value is -2.12. The van der Waals surface area contributed by atoms with Crippen molar-refractivity contribution in [3.05, 3.63) is 54.0 Å². The lowest BCUT2D eigenvalue weighted by atomic mass is 9.94. The van der Waals surface area contributed by atoms with E-state index < -0.39 is 10.0 Å². The number of nitrogens with one attached hydrogen (secondary N) is 1. The van der Waals surface area contributed by atoms with Crippen LogP contribution in [-0.4, -0.2) is 38.3 Å². The number of nitrogens with zero attached hydrogens (tertiary/aromatic N) is 1. The van der Waals surface area contributed by atoms with Crippen LogP contribution in [0.3, 0.4) is 0 Å².